The molecule has 0 aliphatic carbocycles. The Morgan fingerprint density at radius 2 is 2.44 bits per heavy atom. The van der Waals surface area contributed by atoms with E-state index < -0.39 is 6.10 Å². The van der Waals surface area contributed by atoms with Crippen LogP contribution in [0.2, 0.25) is 0 Å². The highest BCUT2D eigenvalue weighted by molar-refractivity contribution is 8.00. The summed E-state index contributed by atoms with van der Waals surface area (Å²) in [5.74, 6) is 1.21. The van der Waals surface area contributed by atoms with Gasteiger partial charge in [-0.15, -0.1) is 11.8 Å². The number of amides is 1. The Morgan fingerprint density at radius 3 is 3.06 bits per heavy atom. The molecule has 0 saturated carbocycles. The zero-order chi connectivity index (χ0) is 11.8. The summed E-state index contributed by atoms with van der Waals surface area (Å²) >= 11 is 1.74. The van der Waals surface area contributed by atoms with E-state index in [2.05, 4.69) is 5.32 Å². The Bertz CT molecular complexity index is 207. The van der Waals surface area contributed by atoms with Gasteiger partial charge in [0.2, 0.25) is 5.91 Å². The first kappa shape index (κ1) is 13.8. The summed E-state index contributed by atoms with van der Waals surface area (Å²) in [6, 6.07) is 0. The Kier molecular flexibility index (Phi) is 6.84. The van der Waals surface area contributed by atoms with E-state index in [1.54, 1.807) is 18.9 Å². The predicted molar refractivity (Wildman–Crippen MR) is 65.6 cm³/mol. The molecule has 0 radical (unpaired) electrons. The van der Waals surface area contributed by atoms with E-state index in [1.807, 2.05) is 0 Å². The highest BCUT2D eigenvalue weighted by Crippen LogP contribution is 2.24. The molecule has 2 N–H and O–H groups in total. The number of aliphatic hydroxyl groups is 1. The number of thioether (sulfide) groups is 1. The first-order valence-electron chi connectivity index (χ1n) is 5.80. The van der Waals surface area contributed by atoms with Crippen molar-refractivity contribution in [2.24, 2.45) is 0 Å². The first-order valence-corrected chi connectivity index (χ1v) is 6.85. The van der Waals surface area contributed by atoms with E-state index in [9.17, 15) is 9.90 Å². The molecule has 16 heavy (non-hydrogen) atoms. The van der Waals surface area contributed by atoms with Crippen molar-refractivity contribution in [1.29, 1.82) is 0 Å². The monoisotopic (exact) mass is 247 g/mol. The molecule has 1 heterocycles. The van der Waals surface area contributed by atoms with Crippen LogP contribution in [0.3, 0.4) is 0 Å². The van der Waals surface area contributed by atoms with Gasteiger partial charge in [-0.25, -0.2) is 0 Å². The zero-order valence-corrected chi connectivity index (χ0v) is 10.6. The molecule has 1 aliphatic heterocycles. The number of nitrogens with one attached hydrogen (secondary N) is 1. The van der Waals surface area contributed by atoms with E-state index >= 15 is 0 Å². The predicted octanol–water partition coefficient (Wildman–Crippen LogP) is 0.786. The average molecular weight is 247 g/mol. The lowest BCUT2D eigenvalue weighted by Gasteiger charge is -2.20. The summed E-state index contributed by atoms with van der Waals surface area (Å²) in [5.41, 5.74) is 0. The molecule has 1 rings (SSSR count). The summed E-state index contributed by atoms with van der Waals surface area (Å²) in [5, 5.41) is 12.4. The van der Waals surface area contributed by atoms with Crippen LogP contribution in [0.5, 0.6) is 0 Å². The van der Waals surface area contributed by atoms with Gasteiger partial charge < -0.3 is 15.2 Å². The fraction of sp³-hybridized carbons (Fsp3) is 0.909. The third kappa shape index (κ3) is 5.18. The minimum absolute atomic E-state index is 0.119. The van der Waals surface area contributed by atoms with E-state index in [-0.39, 0.29) is 11.2 Å². The SMILES string of the molecule is COCC(O)CCNC(=O)C1CCCCS1. The van der Waals surface area contributed by atoms with E-state index in [0.29, 0.717) is 19.6 Å². The van der Waals surface area contributed by atoms with Crippen molar-refractivity contribution in [3.63, 3.8) is 0 Å². The van der Waals surface area contributed by atoms with Crippen molar-refractivity contribution in [3.05, 3.63) is 0 Å². The minimum Gasteiger partial charge on any atom is -0.391 e. The molecule has 2 unspecified atom stereocenters. The van der Waals surface area contributed by atoms with Gasteiger partial charge in [0.05, 0.1) is 18.0 Å². The van der Waals surface area contributed by atoms with Crippen molar-refractivity contribution in [1.82, 2.24) is 5.32 Å². The molecule has 94 valence electrons. The quantitative estimate of drug-likeness (QED) is 0.728. The molecule has 5 heteroatoms. The maximum absolute atomic E-state index is 11.7. The van der Waals surface area contributed by atoms with E-state index in [1.165, 1.54) is 6.42 Å². The molecule has 1 aliphatic rings. The number of hydrogen-bond acceptors (Lipinski definition) is 4. The summed E-state index contributed by atoms with van der Waals surface area (Å²) in [7, 11) is 1.56. The number of carbonyl (C=O) groups excluding carboxylic acids is 1. The molecule has 1 fully saturated rings. The van der Waals surface area contributed by atoms with Gasteiger partial charge in [0.1, 0.15) is 0 Å². The van der Waals surface area contributed by atoms with E-state index in [4.69, 9.17) is 4.74 Å². The standard InChI is InChI=1S/C11H21NO3S/c1-15-8-9(13)5-6-12-11(14)10-4-2-3-7-16-10/h9-10,13H,2-8H2,1H3,(H,12,14). The third-order valence-electron chi connectivity index (χ3n) is 2.61. The van der Waals surface area contributed by atoms with Crippen LogP contribution in [0.15, 0.2) is 0 Å². The number of methoxy groups -OCH3 is 1. The van der Waals surface area contributed by atoms with Gasteiger partial charge in [-0.2, -0.15) is 0 Å². The number of ether oxygens (including phenoxy) is 1. The molecular weight excluding hydrogens is 226 g/mol. The van der Waals surface area contributed by atoms with E-state index in [0.717, 1.165) is 18.6 Å². The van der Waals surface area contributed by atoms with Crippen molar-refractivity contribution in [3.8, 4) is 0 Å². The molecule has 2 atom stereocenters. The van der Waals surface area contributed by atoms with Gasteiger partial charge in [0.15, 0.2) is 0 Å². The molecular formula is C11H21NO3S. The molecule has 4 nitrogen and oxygen atoms in total. The van der Waals surface area contributed by atoms with Crippen molar-refractivity contribution in [2.75, 3.05) is 26.0 Å². The van der Waals surface area contributed by atoms with Gasteiger partial charge in [0, 0.05) is 13.7 Å². The van der Waals surface area contributed by atoms with Gasteiger partial charge >= 0.3 is 0 Å². The Morgan fingerprint density at radius 1 is 1.62 bits per heavy atom. The van der Waals surface area contributed by atoms with Gasteiger partial charge in [0.25, 0.3) is 0 Å². The van der Waals surface area contributed by atoms with Crippen LogP contribution >= 0.6 is 11.8 Å². The van der Waals surface area contributed by atoms with Crippen LogP contribution in [0.4, 0.5) is 0 Å². The Hall–Kier alpha value is -0.260. The molecule has 0 bridgehead atoms. The maximum atomic E-state index is 11.7. The maximum Gasteiger partial charge on any atom is 0.233 e. The third-order valence-corrected chi connectivity index (χ3v) is 3.98. The molecule has 0 aromatic carbocycles. The molecule has 1 amide bonds. The van der Waals surface area contributed by atoms with Crippen molar-refractivity contribution in [2.45, 2.75) is 37.0 Å². The highest BCUT2D eigenvalue weighted by Gasteiger charge is 2.21. The number of carbonyl (C=O) groups is 1. The number of hydrogen-bond donors (Lipinski definition) is 2. The molecule has 0 aromatic heterocycles. The van der Waals surface area contributed by atoms with Gasteiger partial charge in [-0.1, -0.05) is 6.42 Å². The van der Waals surface area contributed by atoms with Crippen LogP contribution in [0, 0.1) is 0 Å². The van der Waals surface area contributed by atoms with Crippen LogP contribution < -0.4 is 5.32 Å². The second kappa shape index (κ2) is 7.92. The Balaban J connectivity index is 2.09. The summed E-state index contributed by atoms with van der Waals surface area (Å²) in [6.45, 7) is 0.856. The molecule has 0 spiro atoms. The molecule has 1 saturated heterocycles. The lowest BCUT2D eigenvalue weighted by Crippen LogP contribution is -2.36. The largest absolute Gasteiger partial charge is 0.391 e. The van der Waals surface area contributed by atoms with Crippen molar-refractivity contribution >= 4 is 17.7 Å². The highest BCUT2D eigenvalue weighted by atomic mass is 32.2. The van der Waals surface area contributed by atoms with Crippen LogP contribution in [0.1, 0.15) is 25.7 Å². The normalized spacial score (nSPS) is 22.8. The Labute approximate surface area is 101 Å². The lowest BCUT2D eigenvalue weighted by molar-refractivity contribution is -0.120. The van der Waals surface area contributed by atoms with Gasteiger partial charge in [-0.3, -0.25) is 4.79 Å². The summed E-state index contributed by atoms with van der Waals surface area (Å²) in [6.07, 6.45) is 3.43. The lowest BCUT2D eigenvalue weighted by atomic mass is 10.2. The second-order valence-electron chi connectivity index (χ2n) is 4.04. The first-order chi connectivity index (χ1) is 7.74. The van der Waals surface area contributed by atoms with Gasteiger partial charge in [-0.05, 0) is 25.0 Å². The minimum atomic E-state index is -0.482. The summed E-state index contributed by atoms with van der Waals surface area (Å²) < 4.78 is 4.81. The second-order valence-corrected chi connectivity index (χ2v) is 5.35. The number of aliphatic hydroxyl groups excluding tert-OH is 1. The summed E-state index contributed by atoms with van der Waals surface area (Å²) in [4.78, 5) is 11.7. The van der Waals surface area contributed by atoms with Crippen LogP contribution in [-0.2, 0) is 9.53 Å². The fourth-order valence-corrected chi connectivity index (χ4v) is 2.92. The van der Waals surface area contributed by atoms with Crippen LogP contribution in [-0.4, -0.2) is 48.4 Å². The van der Waals surface area contributed by atoms with Crippen LogP contribution in [0.25, 0.3) is 0 Å². The smallest absolute Gasteiger partial charge is 0.233 e. The number of rotatable bonds is 6. The zero-order valence-electron chi connectivity index (χ0n) is 9.78. The van der Waals surface area contributed by atoms with Crippen molar-refractivity contribution < 1.29 is 14.6 Å². The molecule has 0 aromatic rings. The topological polar surface area (TPSA) is 58.6 Å². The fourth-order valence-electron chi connectivity index (χ4n) is 1.70. The average Bonchev–Trinajstić information content (AvgIpc) is 2.30.